The molecule has 0 aromatic heterocycles. The van der Waals surface area contributed by atoms with E-state index in [0.29, 0.717) is 19.6 Å². The van der Waals surface area contributed by atoms with Crippen LogP contribution in [0.3, 0.4) is 0 Å². The molecule has 0 aliphatic carbocycles. The van der Waals surface area contributed by atoms with Gasteiger partial charge in [-0.05, 0) is 19.6 Å². The molecule has 0 fully saturated rings. The summed E-state index contributed by atoms with van der Waals surface area (Å²) in [5, 5.41) is 30.1. The molecule has 0 bridgehead atoms. The van der Waals surface area contributed by atoms with Crippen LogP contribution in [0.15, 0.2) is 0 Å². The van der Waals surface area contributed by atoms with Gasteiger partial charge in [-0.2, -0.15) is 0 Å². The van der Waals surface area contributed by atoms with Crippen LogP contribution in [0, 0.1) is 0 Å². The van der Waals surface area contributed by atoms with Crippen molar-refractivity contribution in [2.24, 2.45) is 0 Å². The van der Waals surface area contributed by atoms with Crippen molar-refractivity contribution < 1.29 is 20.8 Å². The third-order valence-electron chi connectivity index (χ3n) is 1.22. The first-order valence-electron chi connectivity index (χ1n) is 3.31. The van der Waals surface area contributed by atoms with E-state index in [2.05, 4.69) is 0 Å². The van der Waals surface area contributed by atoms with Crippen molar-refractivity contribution in [3.63, 3.8) is 0 Å². The van der Waals surface area contributed by atoms with E-state index >= 15 is 0 Å². The van der Waals surface area contributed by atoms with E-state index in [4.69, 9.17) is 0 Å². The Morgan fingerprint density at radius 3 is 1.17 bits per heavy atom. The van der Waals surface area contributed by atoms with Crippen LogP contribution in [-0.2, 0) is 0 Å². The number of hydrogen-bond acceptors (Lipinski definition) is 5. The summed E-state index contributed by atoms with van der Waals surface area (Å²) in [4.78, 5) is 1.60. The second-order valence-electron chi connectivity index (χ2n) is 1.95. The molecule has 0 aromatic carbocycles. The minimum atomic E-state index is -0.236. The molecule has 0 rings (SSSR count). The van der Waals surface area contributed by atoms with Crippen molar-refractivity contribution >= 4 is 17.6 Å². The molecule has 5 nitrogen and oxygen atoms in total. The summed E-state index contributed by atoms with van der Waals surface area (Å²) in [6.45, 7) is 0.263. The van der Waals surface area contributed by atoms with Gasteiger partial charge in [-0.25, -0.2) is 0 Å². The van der Waals surface area contributed by atoms with Gasteiger partial charge >= 0.3 is 0 Å². The Kier molecular flexibility index (Phi) is 21.1. The van der Waals surface area contributed by atoms with Gasteiger partial charge in [0.1, 0.15) is 0 Å². The maximum Gasteiger partial charge on any atom is 0 e. The minimum Gasteiger partial charge on any atom is -0.870 e. The van der Waals surface area contributed by atoms with Gasteiger partial charge in [0.15, 0.2) is 0 Å². The predicted octanol–water partition coefficient (Wildman–Crippen LogP) is -4.19. The molecule has 0 aromatic rings. The van der Waals surface area contributed by atoms with E-state index in [0.717, 1.165) is 0 Å². The summed E-state index contributed by atoms with van der Waals surface area (Å²) in [6.07, 6.45) is 0. The quantitative estimate of drug-likeness (QED) is 0.435. The molecule has 74 valence electrons. The molecule has 0 spiro atoms. The molecular weight excluding hydrogens is 223 g/mol. The second kappa shape index (κ2) is 13.9. The molecule has 0 heterocycles. The van der Waals surface area contributed by atoms with Gasteiger partial charge in [0.25, 0.3) is 0 Å². The molecule has 12 heavy (non-hydrogen) atoms. The van der Waals surface area contributed by atoms with Gasteiger partial charge in [0, 0.05) is 17.6 Å². The van der Waals surface area contributed by atoms with E-state index in [9.17, 15) is 15.3 Å². The summed E-state index contributed by atoms with van der Waals surface area (Å²) < 4.78 is 0. The Hall–Kier alpha value is 0.343. The summed E-state index contributed by atoms with van der Waals surface area (Å²) in [5.74, 6) is 0. The normalized spacial score (nSPS) is 9.00. The van der Waals surface area contributed by atoms with Gasteiger partial charge in [-0.15, -0.1) is 19.8 Å². The largest absolute Gasteiger partial charge is 0.870 e. The average Bonchev–Trinajstić information content (AvgIpc) is 1.90. The molecule has 0 saturated heterocycles. The fourth-order valence-electron chi connectivity index (χ4n) is 0.723. The van der Waals surface area contributed by atoms with E-state index in [-0.39, 0.29) is 42.9 Å². The van der Waals surface area contributed by atoms with Crippen LogP contribution in [-0.4, -0.2) is 67.4 Å². The van der Waals surface area contributed by atoms with Gasteiger partial charge in [0.2, 0.25) is 0 Å². The summed E-state index contributed by atoms with van der Waals surface area (Å²) in [5.41, 5.74) is 0. The number of rotatable bonds is 6. The number of hydrogen-bond donors (Lipinski definition) is 0. The first kappa shape index (κ1) is 18.2. The van der Waals surface area contributed by atoms with Crippen LogP contribution in [0.1, 0.15) is 0 Å². The zero-order valence-corrected chi connectivity index (χ0v) is 8.96. The Balaban J connectivity index is -0.000000405. The second-order valence-corrected chi connectivity index (χ2v) is 1.95. The van der Waals surface area contributed by atoms with Crippen LogP contribution in [0.5, 0.6) is 0 Å². The van der Waals surface area contributed by atoms with Crippen molar-refractivity contribution in [2.45, 2.75) is 0 Å². The van der Waals surface area contributed by atoms with Gasteiger partial charge in [0.05, 0.1) is 0 Å². The smallest absolute Gasteiger partial charge is 0 e. The fourth-order valence-corrected chi connectivity index (χ4v) is 0.723. The Morgan fingerprint density at radius 1 is 0.750 bits per heavy atom. The van der Waals surface area contributed by atoms with E-state index < -0.39 is 0 Å². The van der Waals surface area contributed by atoms with Crippen LogP contribution in [0.2, 0.25) is 0 Å². The monoisotopic (exact) mass is 237 g/mol. The van der Waals surface area contributed by atoms with E-state index in [1.165, 1.54) is 0 Å². The van der Waals surface area contributed by atoms with Gasteiger partial charge < -0.3 is 25.7 Å². The Bertz CT molecular complexity index is 62.3. The Morgan fingerprint density at radius 2 is 1.00 bits per heavy atom. The molecule has 0 atom stereocenters. The van der Waals surface area contributed by atoms with Crippen LogP contribution in [0.4, 0.5) is 0 Å². The average molecular weight is 236 g/mol. The first-order valence-corrected chi connectivity index (χ1v) is 3.31. The summed E-state index contributed by atoms with van der Waals surface area (Å²) in [7, 11) is 0. The maximum atomic E-state index is 10.0. The van der Waals surface area contributed by atoms with Crippen molar-refractivity contribution in [3.8, 4) is 0 Å². The molecule has 0 saturated carbocycles. The third-order valence-corrected chi connectivity index (χ3v) is 1.22. The van der Waals surface area contributed by atoms with Crippen LogP contribution in [0.25, 0.3) is 0 Å². The van der Waals surface area contributed by atoms with E-state index in [1.807, 2.05) is 0 Å². The van der Waals surface area contributed by atoms with Crippen molar-refractivity contribution in [2.75, 3.05) is 39.5 Å². The fraction of sp³-hybridized carbons (Fsp3) is 1.00. The molecule has 0 aliphatic rings. The molecule has 4 radical (unpaired) electrons. The molecular formula is C6H13GeNO4-4. The standard InChI is InChI=1S/C6H12NO3.Ge.H2O/c8-4-1-7(2-5-9)3-6-10;;/h1-6H2;;1H2/q-3;;/p-1. The van der Waals surface area contributed by atoms with Gasteiger partial charge in [-0.1, -0.05) is 0 Å². The topological polar surface area (TPSA) is 102 Å². The molecule has 6 heteroatoms. The van der Waals surface area contributed by atoms with E-state index in [1.54, 1.807) is 4.90 Å². The van der Waals surface area contributed by atoms with Gasteiger partial charge in [-0.3, -0.25) is 0 Å². The zero-order valence-electron chi connectivity index (χ0n) is 6.86. The molecule has 0 amide bonds. The minimum absolute atomic E-state index is 0. The SMILES string of the molecule is [Ge].[O-]CCN(CC[O-])CC[O-].[OH-]. The molecule has 0 unspecified atom stereocenters. The van der Waals surface area contributed by atoms with Crippen LogP contribution >= 0.6 is 0 Å². The maximum absolute atomic E-state index is 10.0. The van der Waals surface area contributed by atoms with Crippen molar-refractivity contribution in [1.29, 1.82) is 0 Å². The third kappa shape index (κ3) is 10.3. The molecule has 0 aliphatic heterocycles. The number of nitrogens with zero attached hydrogens (tertiary/aromatic N) is 1. The zero-order chi connectivity index (χ0) is 7.82. The van der Waals surface area contributed by atoms with Crippen LogP contribution < -0.4 is 15.3 Å². The Labute approximate surface area is 83.3 Å². The summed E-state index contributed by atoms with van der Waals surface area (Å²) >= 11 is 0. The predicted molar refractivity (Wildman–Crippen MR) is 38.7 cm³/mol. The summed E-state index contributed by atoms with van der Waals surface area (Å²) in [6, 6.07) is 0. The molecule has 1 N–H and O–H groups in total. The van der Waals surface area contributed by atoms with Crippen molar-refractivity contribution in [3.05, 3.63) is 0 Å². The first-order chi connectivity index (χ1) is 4.85. The van der Waals surface area contributed by atoms with Crippen molar-refractivity contribution in [1.82, 2.24) is 4.90 Å².